The molecule has 0 aliphatic carbocycles. The molecule has 0 fully saturated rings. The van der Waals surface area contributed by atoms with Gasteiger partial charge in [0.25, 0.3) is 5.56 Å². The zero-order valence-corrected chi connectivity index (χ0v) is 16.4. The summed E-state index contributed by atoms with van der Waals surface area (Å²) < 4.78 is 6.63. The van der Waals surface area contributed by atoms with Crippen molar-refractivity contribution in [1.82, 2.24) is 4.98 Å². The maximum absolute atomic E-state index is 12.1. The number of H-pyrrole nitrogens is 1. The van der Waals surface area contributed by atoms with E-state index in [1.165, 1.54) is 12.1 Å². The Bertz CT molecular complexity index is 1170. The van der Waals surface area contributed by atoms with Crippen molar-refractivity contribution in [3.63, 3.8) is 0 Å². The molecular formula is C20H15BrN2O6. The second kappa shape index (κ2) is 8.19. The molecule has 8 nitrogen and oxygen atoms in total. The van der Waals surface area contributed by atoms with Crippen molar-refractivity contribution in [2.45, 2.75) is 6.61 Å². The van der Waals surface area contributed by atoms with Gasteiger partial charge in [0, 0.05) is 10.0 Å². The molecule has 3 aromatic rings. The number of pyridine rings is 1. The Morgan fingerprint density at radius 3 is 2.38 bits per heavy atom. The third-order valence-electron chi connectivity index (χ3n) is 4.09. The number of nitrogens with one attached hydrogen (secondary N) is 1. The largest absolute Gasteiger partial charge is 0.489 e. The number of carboxylic acids is 2. The van der Waals surface area contributed by atoms with E-state index in [9.17, 15) is 24.6 Å². The molecule has 3 rings (SSSR count). The smallest absolute Gasteiger partial charge is 0.342 e. The normalized spacial score (nSPS) is 10.5. The molecule has 0 saturated heterocycles. The molecule has 0 radical (unpaired) electrons. The lowest BCUT2D eigenvalue weighted by atomic mass is 9.95. The number of carbonyl (C=O) groups is 2. The van der Waals surface area contributed by atoms with Crippen molar-refractivity contribution in [2.75, 3.05) is 5.73 Å². The molecule has 5 N–H and O–H groups in total. The lowest BCUT2D eigenvalue weighted by molar-refractivity contribution is 0.0695. The van der Waals surface area contributed by atoms with Gasteiger partial charge in [0.15, 0.2) is 0 Å². The van der Waals surface area contributed by atoms with Crippen molar-refractivity contribution >= 4 is 33.7 Å². The Kier molecular flexibility index (Phi) is 5.69. The number of anilines is 1. The van der Waals surface area contributed by atoms with Gasteiger partial charge in [-0.1, -0.05) is 40.2 Å². The number of aromatic nitrogens is 1. The number of ether oxygens (including phenoxy) is 1. The Morgan fingerprint density at radius 2 is 1.72 bits per heavy atom. The average molecular weight is 459 g/mol. The first-order chi connectivity index (χ1) is 13.8. The molecule has 1 aromatic heterocycles. The van der Waals surface area contributed by atoms with Gasteiger partial charge in [0.05, 0.1) is 0 Å². The van der Waals surface area contributed by atoms with Gasteiger partial charge in [-0.2, -0.15) is 0 Å². The molecule has 0 bridgehead atoms. The molecule has 1 heterocycles. The van der Waals surface area contributed by atoms with Crippen LogP contribution < -0.4 is 16.0 Å². The summed E-state index contributed by atoms with van der Waals surface area (Å²) in [4.78, 5) is 37.5. The van der Waals surface area contributed by atoms with Crippen molar-refractivity contribution in [1.29, 1.82) is 0 Å². The Labute approximate surface area is 172 Å². The number of aromatic amines is 1. The van der Waals surface area contributed by atoms with E-state index in [4.69, 9.17) is 10.5 Å². The standard InChI is InChI=1S/C20H15BrN2O6/c21-12-5-1-3-10(7-12)9-29-13-6-2-4-11(8-13)14-15(19(25)26)17(22)23-18(24)16(14)20(27)28/h1-8H,9H2,(H,25,26)(H,27,28)(H3,22,23,24). The van der Waals surface area contributed by atoms with E-state index in [1.54, 1.807) is 12.1 Å². The fourth-order valence-electron chi connectivity index (χ4n) is 2.87. The minimum Gasteiger partial charge on any atom is -0.489 e. The molecule has 29 heavy (non-hydrogen) atoms. The van der Waals surface area contributed by atoms with Crippen molar-refractivity contribution in [2.24, 2.45) is 0 Å². The van der Waals surface area contributed by atoms with Crippen LogP contribution in [0.25, 0.3) is 11.1 Å². The van der Waals surface area contributed by atoms with Crippen LogP contribution in [0.4, 0.5) is 5.82 Å². The number of aromatic carboxylic acids is 2. The summed E-state index contributed by atoms with van der Waals surface area (Å²) in [6.07, 6.45) is 0. The molecule has 2 aromatic carbocycles. The lowest BCUT2D eigenvalue weighted by Crippen LogP contribution is -2.24. The van der Waals surface area contributed by atoms with Gasteiger partial charge in [-0.3, -0.25) is 4.79 Å². The third-order valence-corrected chi connectivity index (χ3v) is 4.58. The Balaban J connectivity index is 2.07. The zero-order valence-electron chi connectivity index (χ0n) is 14.8. The molecule has 0 unspecified atom stereocenters. The van der Waals surface area contributed by atoms with Gasteiger partial charge in [-0.05, 0) is 35.4 Å². The second-order valence-corrected chi connectivity index (χ2v) is 6.97. The molecule has 0 atom stereocenters. The summed E-state index contributed by atoms with van der Waals surface area (Å²) in [5.41, 5.74) is 4.26. The van der Waals surface area contributed by atoms with Crippen LogP contribution in [0.15, 0.2) is 57.8 Å². The van der Waals surface area contributed by atoms with E-state index < -0.39 is 34.4 Å². The summed E-state index contributed by atoms with van der Waals surface area (Å²) >= 11 is 3.38. The first-order valence-corrected chi connectivity index (χ1v) is 9.07. The van der Waals surface area contributed by atoms with Crippen LogP contribution in [-0.4, -0.2) is 27.1 Å². The van der Waals surface area contributed by atoms with Gasteiger partial charge in [-0.15, -0.1) is 0 Å². The first-order valence-electron chi connectivity index (χ1n) is 8.28. The minimum atomic E-state index is -1.57. The molecule has 0 saturated carbocycles. The van der Waals surface area contributed by atoms with Gasteiger partial charge in [-0.25, -0.2) is 9.59 Å². The Morgan fingerprint density at radius 1 is 1.03 bits per heavy atom. The van der Waals surface area contributed by atoms with Gasteiger partial charge in [0.1, 0.15) is 29.3 Å². The van der Waals surface area contributed by atoms with Crippen LogP contribution in [0.3, 0.4) is 0 Å². The zero-order chi connectivity index (χ0) is 21.1. The van der Waals surface area contributed by atoms with E-state index in [0.29, 0.717) is 5.75 Å². The van der Waals surface area contributed by atoms with Crippen LogP contribution in [0, 0.1) is 0 Å². The number of nitrogen functional groups attached to an aromatic ring is 1. The summed E-state index contributed by atoms with van der Waals surface area (Å²) in [6.45, 7) is 0.234. The highest BCUT2D eigenvalue weighted by Gasteiger charge is 2.26. The van der Waals surface area contributed by atoms with E-state index in [2.05, 4.69) is 20.9 Å². The quantitative estimate of drug-likeness (QED) is 0.443. The number of benzene rings is 2. The van der Waals surface area contributed by atoms with Crippen LogP contribution in [0.2, 0.25) is 0 Å². The molecule has 0 aliphatic rings. The number of halogens is 1. The number of carboxylic acid groups (broad SMARTS) is 2. The summed E-state index contributed by atoms with van der Waals surface area (Å²) in [6, 6.07) is 13.6. The van der Waals surface area contributed by atoms with Crippen molar-refractivity contribution in [3.05, 3.63) is 80.0 Å². The average Bonchev–Trinajstić information content (AvgIpc) is 2.65. The highest BCUT2D eigenvalue weighted by molar-refractivity contribution is 9.10. The van der Waals surface area contributed by atoms with Crippen LogP contribution in [-0.2, 0) is 6.61 Å². The number of nitrogens with two attached hydrogens (primary N) is 1. The van der Waals surface area contributed by atoms with Gasteiger partial charge in [0.2, 0.25) is 0 Å². The number of rotatable bonds is 6. The summed E-state index contributed by atoms with van der Waals surface area (Å²) in [5, 5.41) is 19.0. The molecule has 0 amide bonds. The van der Waals surface area contributed by atoms with E-state index >= 15 is 0 Å². The maximum Gasteiger partial charge on any atom is 0.342 e. The predicted molar refractivity (Wildman–Crippen MR) is 109 cm³/mol. The molecular weight excluding hydrogens is 444 g/mol. The number of hydrogen-bond acceptors (Lipinski definition) is 5. The number of hydrogen-bond donors (Lipinski definition) is 4. The molecule has 0 spiro atoms. The van der Waals surface area contributed by atoms with E-state index in [-0.39, 0.29) is 17.7 Å². The molecule has 0 aliphatic heterocycles. The van der Waals surface area contributed by atoms with Gasteiger partial charge >= 0.3 is 11.9 Å². The highest BCUT2D eigenvalue weighted by atomic mass is 79.9. The monoisotopic (exact) mass is 458 g/mol. The topological polar surface area (TPSA) is 143 Å². The van der Waals surface area contributed by atoms with Crippen LogP contribution >= 0.6 is 15.9 Å². The maximum atomic E-state index is 12.1. The van der Waals surface area contributed by atoms with E-state index in [0.717, 1.165) is 10.0 Å². The third kappa shape index (κ3) is 4.30. The molecule has 9 heteroatoms. The summed E-state index contributed by atoms with van der Waals surface area (Å²) in [5.74, 6) is -3.09. The first kappa shape index (κ1) is 20.2. The lowest BCUT2D eigenvalue weighted by Gasteiger charge is -2.13. The van der Waals surface area contributed by atoms with Crippen LogP contribution in [0.5, 0.6) is 5.75 Å². The summed E-state index contributed by atoms with van der Waals surface area (Å²) in [7, 11) is 0. The fraction of sp³-hybridized carbons (Fsp3) is 0.0500. The van der Waals surface area contributed by atoms with Gasteiger partial charge < -0.3 is 25.7 Å². The van der Waals surface area contributed by atoms with Crippen molar-refractivity contribution < 1.29 is 24.5 Å². The second-order valence-electron chi connectivity index (χ2n) is 6.05. The van der Waals surface area contributed by atoms with Crippen LogP contribution in [0.1, 0.15) is 26.3 Å². The fourth-order valence-corrected chi connectivity index (χ4v) is 3.32. The highest BCUT2D eigenvalue weighted by Crippen LogP contribution is 2.31. The predicted octanol–water partition coefficient (Wildman–Crippen LogP) is 3.36. The van der Waals surface area contributed by atoms with Crippen molar-refractivity contribution in [3.8, 4) is 16.9 Å². The SMILES string of the molecule is Nc1[nH]c(=O)c(C(=O)O)c(-c2cccc(OCc3cccc(Br)c3)c2)c1C(=O)O. The Hall–Kier alpha value is -3.59. The molecule has 148 valence electrons. The van der Waals surface area contributed by atoms with E-state index in [1.807, 2.05) is 24.3 Å². The minimum absolute atomic E-state index is 0.185.